The second kappa shape index (κ2) is 5.85. The summed E-state index contributed by atoms with van der Waals surface area (Å²) < 4.78 is 5.15. The highest BCUT2D eigenvalue weighted by atomic mass is 35.5. The molecule has 5 nitrogen and oxygen atoms in total. The van der Waals surface area contributed by atoms with Crippen molar-refractivity contribution in [2.45, 2.75) is 6.61 Å². The van der Waals surface area contributed by atoms with E-state index in [4.69, 9.17) is 16.3 Å². The Hall–Kier alpha value is -2.53. The molecule has 21 heavy (non-hydrogen) atoms. The fourth-order valence-electron chi connectivity index (χ4n) is 1.93. The van der Waals surface area contributed by atoms with Gasteiger partial charge in [0.15, 0.2) is 0 Å². The molecule has 1 amide bonds. The van der Waals surface area contributed by atoms with Crippen molar-refractivity contribution in [3.63, 3.8) is 0 Å². The minimum absolute atomic E-state index is 0.224. The number of aromatic amines is 1. The zero-order valence-corrected chi connectivity index (χ0v) is 11.7. The molecule has 2 N–H and O–H groups in total. The van der Waals surface area contributed by atoms with Gasteiger partial charge in [-0.25, -0.2) is 4.79 Å². The summed E-state index contributed by atoms with van der Waals surface area (Å²) in [6.45, 7) is 0.224. The van der Waals surface area contributed by atoms with E-state index < -0.39 is 6.09 Å². The van der Waals surface area contributed by atoms with Crippen LogP contribution in [0.5, 0.6) is 0 Å². The summed E-state index contributed by atoms with van der Waals surface area (Å²) in [6, 6.07) is 14.7. The predicted octanol–water partition coefficient (Wildman–Crippen LogP) is 3.97. The SMILES string of the molecule is O=C(Nc1ccc2n[nH]c(Cl)c2c1)OCc1ccccc1. The van der Waals surface area contributed by atoms with Gasteiger partial charge in [-0.15, -0.1) is 0 Å². The van der Waals surface area contributed by atoms with Crippen molar-refractivity contribution >= 4 is 34.3 Å². The minimum Gasteiger partial charge on any atom is -0.444 e. The number of nitrogens with zero attached hydrogens (tertiary/aromatic N) is 1. The maximum Gasteiger partial charge on any atom is 0.411 e. The van der Waals surface area contributed by atoms with Crippen molar-refractivity contribution in [2.24, 2.45) is 0 Å². The molecule has 0 bridgehead atoms. The van der Waals surface area contributed by atoms with E-state index in [0.717, 1.165) is 16.5 Å². The van der Waals surface area contributed by atoms with Crippen LogP contribution in [0.4, 0.5) is 10.5 Å². The molecule has 0 spiro atoms. The summed E-state index contributed by atoms with van der Waals surface area (Å²) >= 11 is 5.96. The Morgan fingerprint density at radius 1 is 1.24 bits per heavy atom. The highest BCUT2D eigenvalue weighted by molar-refractivity contribution is 6.34. The van der Waals surface area contributed by atoms with Gasteiger partial charge in [-0.2, -0.15) is 5.10 Å². The largest absolute Gasteiger partial charge is 0.444 e. The molecule has 0 aliphatic rings. The number of carbonyl (C=O) groups is 1. The molecule has 1 heterocycles. The summed E-state index contributed by atoms with van der Waals surface area (Å²) in [5.41, 5.74) is 2.27. The number of ether oxygens (including phenoxy) is 1. The van der Waals surface area contributed by atoms with E-state index in [2.05, 4.69) is 15.5 Å². The molecule has 0 aliphatic carbocycles. The maximum atomic E-state index is 11.8. The Balaban J connectivity index is 1.64. The Morgan fingerprint density at radius 3 is 2.86 bits per heavy atom. The van der Waals surface area contributed by atoms with Gasteiger partial charge in [0, 0.05) is 11.1 Å². The molecule has 0 saturated heterocycles. The number of hydrogen-bond acceptors (Lipinski definition) is 3. The first-order chi connectivity index (χ1) is 10.2. The highest BCUT2D eigenvalue weighted by Gasteiger charge is 2.07. The Kier molecular flexibility index (Phi) is 3.75. The van der Waals surface area contributed by atoms with Crippen LogP contribution in [0.3, 0.4) is 0 Å². The lowest BCUT2D eigenvalue weighted by atomic mass is 10.2. The van der Waals surface area contributed by atoms with Gasteiger partial charge in [0.25, 0.3) is 0 Å². The number of nitrogens with one attached hydrogen (secondary N) is 2. The van der Waals surface area contributed by atoms with E-state index >= 15 is 0 Å². The van der Waals surface area contributed by atoms with Crippen LogP contribution in [0, 0.1) is 0 Å². The number of amides is 1. The van der Waals surface area contributed by atoms with Gasteiger partial charge in [-0.05, 0) is 23.8 Å². The smallest absolute Gasteiger partial charge is 0.411 e. The lowest BCUT2D eigenvalue weighted by molar-refractivity contribution is 0.155. The van der Waals surface area contributed by atoms with Crippen LogP contribution in [0.2, 0.25) is 5.15 Å². The van der Waals surface area contributed by atoms with Crippen molar-refractivity contribution in [2.75, 3.05) is 5.32 Å². The van der Waals surface area contributed by atoms with Gasteiger partial charge in [0.1, 0.15) is 11.8 Å². The van der Waals surface area contributed by atoms with Gasteiger partial charge in [-0.3, -0.25) is 10.4 Å². The van der Waals surface area contributed by atoms with E-state index in [1.807, 2.05) is 30.3 Å². The number of anilines is 1. The molecular formula is C15H12ClN3O2. The Labute approximate surface area is 125 Å². The van der Waals surface area contributed by atoms with E-state index in [9.17, 15) is 4.79 Å². The molecule has 1 aromatic heterocycles. The molecule has 3 rings (SSSR count). The molecular weight excluding hydrogens is 290 g/mol. The zero-order chi connectivity index (χ0) is 14.7. The Bertz CT molecular complexity index is 771. The monoisotopic (exact) mass is 301 g/mol. The van der Waals surface area contributed by atoms with Crippen LogP contribution < -0.4 is 5.32 Å². The summed E-state index contributed by atoms with van der Waals surface area (Å²) in [6.07, 6.45) is -0.516. The Morgan fingerprint density at radius 2 is 2.05 bits per heavy atom. The van der Waals surface area contributed by atoms with Crippen LogP contribution in [0.25, 0.3) is 10.9 Å². The number of rotatable bonds is 3. The lowest BCUT2D eigenvalue weighted by Gasteiger charge is -2.07. The standard InChI is InChI=1S/C15H12ClN3O2/c16-14-12-8-11(6-7-13(12)18-19-14)17-15(20)21-9-10-4-2-1-3-5-10/h1-8H,9H2,(H,17,20)(H,18,19). The average Bonchev–Trinajstić information content (AvgIpc) is 2.87. The number of carbonyl (C=O) groups excluding carboxylic acids is 1. The third kappa shape index (κ3) is 3.14. The predicted molar refractivity (Wildman–Crippen MR) is 81.4 cm³/mol. The van der Waals surface area contributed by atoms with Crippen molar-refractivity contribution in [3.05, 3.63) is 59.2 Å². The summed E-state index contributed by atoms with van der Waals surface area (Å²) in [5, 5.41) is 10.5. The van der Waals surface area contributed by atoms with Gasteiger partial charge >= 0.3 is 6.09 Å². The first kappa shape index (κ1) is 13.5. The van der Waals surface area contributed by atoms with Gasteiger partial charge in [0.2, 0.25) is 0 Å². The van der Waals surface area contributed by atoms with E-state index in [1.54, 1.807) is 18.2 Å². The zero-order valence-electron chi connectivity index (χ0n) is 11.0. The fraction of sp³-hybridized carbons (Fsp3) is 0.0667. The second-order valence-electron chi connectivity index (χ2n) is 4.46. The highest BCUT2D eigenvalue weighted by Crippen LogP contribution is 2.23. The second-order valence-corrected chi connectivity index (χ2v) is 4.83. The molecule has 3 aromatic rings. The van der Waals surface area contributed by atoms with Gasteiger partial charge < -0.3 is 4.74 Å². The quantitative estimate of drug-likeness (QED) is 0.769. The normalized spacial score (nSPS) is 10.5. The molecule has 0 saturated carbocycles. The van der Waals surface area contributed by atoms with Crippen LogP contribution in [0.1, 0.15) is 5.56 Å². The average molecular weight is 302 g/mol. The molecule has 6 heteroatoms. The number of halogens is 1. The van der Waals surface area contributed by atoms with Crippen molar-refractivity contribution < 1.29 is 9.53 Å². The number of fused-ring (bicyclic) bond motifs is 1. The van der Waals surface area contributed by atoms with E-state index in [0.29, 0.717) is 10.8 Å². The third-order valence-corrected chi connectivity index (χ3v) is 3.25. The maximum absolute atomic E-state index is 11.8. The topological polar surface area (TPSA) is 67.0 Å². The van der Waals surface area contributed by atoms with Crippen molar-refractivity contribution in [1.29, 1.82) is 0 Å². The first-order valence-corrected chi connectivity index (χ1v) is 6.71. The van der Waals surface area contributed by atoms with Crippen molar-refractivity contribution in [1.82, 2.24) is 10.2 Å². The van der Waals surface area contributed by atoms with Gasteiger partial charge in [-0.1, -0.05) is 41.9 Å². The number of benzene rings is 2. The molecule has 0 aliphatic heterocycles. The molecule has 0 fully saturated rings. The van der Waals surface area contributed by atoms with Crippen LogP contribution >= 0.6 is 11.6 Å². The molecule has 0 atom stereocenters. The number of aromatic nitrogens is 2. The first-order valence-electron chi connectivity index (χ1n) is 6.34. The minimum atomic E-state index is -0.516. The summed E-state index contributed by atoms with van der Waals surface area (Å²) in [7, 11) is 0. The van der Waals surface area contributed by atoms with Crippen LogP contribution in [-0.2, 0) is 11.3 Å². The van der Waals surface area contributed by atoms with Crippen molar-refractivity contribution in [3.8, 4) is 0 Å². The molecule has 0 unspecified atom stereocenters. The third-order valence-electron chi connectivity index (χ3n) is 2.97. The molecule has 2 aromatic carbocycles. The van der Waals surface area contributed by atoms with E-state index in [1.165, 1.54) is 0 Å². The lowest BCUT2D eigenvalue weighted by Crippen LogP contribution is -2.13. The number of H-pyrrole nitrogens is 1. The summed E-state index contributed by atoms with van der Waals surface area (Å²) in [5.74, 6) is 0. The van der Waals surface area contributed by atoms with Crippen LogP contribution in [0.15, 0.2) is 48.5 Å². The van der Waals surface area contributed by atoms with E-state index in [-0.39, 0.29) is 6.61 Å². The summed E-state index contributed by atoms with van der Waals surface area (Å²) in [4.78, 5) is 11.8. The fourth-order valence-corrected chi connectivity index (χ4v) is 2.13. The van der Waals surface area contributed by atoms with Gasteiger partial charge in [0.05, 0.1) is 5.52 Å². The number of hydrogen-bond donors (Lipinski definition) is 2. The molecule has 106 valence electrons. The molecule has 0 radical (unpaired) electrons. The van der Waals surface area contributed by atoms with Crippen LogP contribution in [-0.4, -0.2) is 16.3 Å².